The van der Waals surface area contributed by atoms with Crippen molar-refractivity contribution in [3.63, 3.8) is 0 Å². The maximum atomic E-state index is 14.0. The Balaban J connectivity index is 1.66. The lowest BCUT2D eigenvalue weighted by Gasteiger charge is -2.15. The highest BCUT2D eigenvalue weighted by Gasteiger charge is 2.19. The van der Waals surface area contributed by atoms with Crippen molar-refractivity contribution in [2.45, 2.75) is 25.7 Å². The number of aryl methyl sites for hydroxylation is 2. The van der Waals surface area contributed by atoms with Gasteiger partial charge >= 0.3 is 5.97 Å². The second kappa shape index (κ2) is 9.63. The van der Waals surface area contributed by atoms with E-state index in [-0.39, 0.29) is 23.0 Å². The van der Waals surface area contributed by atoms with E-state index in [1.807, 2.05) is 0 Å². The molecule has 180 valence electrons. The van der Waals surface area contributed by atoms with Crippen molar-refractivity contribution in [1.82, 2.24) is 15.0 Å². The summed E-state index contributed by atoms with van der Waals surface area (Å²) in [5.74, 6) is -1.14. The van der Waals surface area contributed by atoms with Gasteiger partial charge in [-0.05, 0) is 69.3 Å². The SMILES string of the molecule is CCOC(=O)c1cnc2ccc(F)cc2c1Nc1ccc(S(=O)(=O)Nc2nc(C)cc(C)n2)cc1. The molecule has 4 aromatic rings. The average Bonchev–Trinajstić information content (AvgIpc) is 2.79. The molecule has 0 amide bonds. The minimum Gasteiger partial charge on any atom is -0.462 e. The second-order valence-corrected chi connectivity index (χ2v) is 9.34. The van der Waals surface area contributed by atoms with Crippen LogP contribution in [-0.4, -0.2) is 35.9 Å². The number of carbonyl (C=O) groups excluding carboxylic acids is 1. The Bertz CT molecular complexity index is 1510. The molecular weight excluding hydrogens is 473 g/mol. The van der Waals surface area contributed by atoms with Crippen molar-refractivity contribution in [3.8, 4) is 0 Å². The highest BCUT2D eigenvalue weighted by atomic mass is 32.2. The van der Waals surface area contributed by atoms with Gasteiger partial charge < -0.3 is 10.1 Å². The van der Waals surface area contributed by atoms with Crippen molar-refractivity contribution < 1.29 is 22.3 Å². The van der Waals surface area contributed by atoms with E-state index in [1.165, 1.54) is 48.7 Å². The number of hydrogen-bond donors (Lipinski definition) is 2. The molecular formula is C24H22FN5O4S. The zero-order chi connectivity index (χ0) is 25.2. The number of nitrogens with one attached hydrogen (secondary N) is 2. The first-order chi connectivity index (χ1) is 16.7. The summed E-state index contributed by atoms with van der Waals surface area (Å²) in [5.41, 5.74) is 2.62. The number of aromatic nitrogens is 3. The Morgan fingerprint density at radius 1 is 1.03 bits per heavy atom. The minimum atomic E-state index is -3.94. The Hall–Kier alpha value is -4.12. The first-order valence-electron chi connectivity index (χ1n) is 10.6. The zero-order valence-corrected chi connectivity index (χ0v) is 20.0. The molecule has 0 aliphatic rings. The van der Waals surface area contributed by atoms with Crippen molar-refractivity contribution in [2.75, 3.05) is 16.6 Å². The van der Waals surface area contributed by atoms with Gasteiger partial charge in [-0.1, -0.05) is 0 Å². The van der Waals surface area contributed by atoms with Crippen molar-refractivity contribution in [1.29, 1.82) is 0 Å². The molecule has 0 aliphatic heterocycles. The number of rotatable bonds is 7. The first kappa shape index (κ1) is 24.0. The Morgan fingerprint density at radius 3 is 2.37 bits per heavy atom. The number of carbonyl (C=O) groups is 1. The van der Waals surface area contributed by atoms with Crippen molar-refractivity contribution in [2.24, 2.45) is 0 Å². The van der Waals surface area contributed by atoms with Gasteiger partial charge in [-0.3, -0.25) is 4.98 Å². The summed E-state index contributed by atoms with van der Waals surface area (Å²) in [7, 11) is -3.94. The van der Waals surface area contributed by atoms with Crippen LogP contribution in [0.4, 0.5) is 21.7 Å². The van der Waals surface area contributed by atoms with Crippen LogP contribution in [0.1, 0.15) is 28.7 Å². The normalized spacial score (nSPS) is 11.3. The van der Waals surface area contributed by atoms with Crippen LogP contribution in [0.3, 0.4) is 0 Å². The molecule has 4 rings (SSSR count). The Kier molecular flexibility index (Phi) is 6.61. The Morgan fingerprint density at radius 2 is 1.71 bits per heavy atom. The van der Waals surface area contributed by atoms with E-state index in [1.54, 1.807) is 26.8 Å². The van der Waals surface area contributed by atoms with Crippen molar-refractivity contribution in [3.05, 3.63) is 77.5 Å². The molecule has 11 heteroatoms. The lowest BCUT2D eigenvalue weighted by Crippen LogP contribution is -2.15. The van der Waals surface area contributed by atoms with E-state index in [2.05, 4.69) is 25.0 Å². The monoisotopic (exact) mass is 495 g/mol. The molecule has 0 radical (unpaired) electrons. The van der Waals surface area contributed by atoms with Crippen LogP contribution in [-0.2, 0) is 14.8 Å². The molecule has 2 N–H and O–H groups in total. The fourth-order valence-electron chi connectivity index (χ4n) is 3.48. The molecule has 0 atom stereocenters. The molecule has 0 saturated heterocycles. The lowest BCUT2D eigenvalue weighted by atomic mass is 10.1. The molecule has 2 aromatic carbocycles. The first-order valence-corrected chi connectivity index (χ1v) is 12.1. The Labute approximate surface area is 201 Å². The molecule has 9 nitrogen and oxygen atoms in total. The minimum absolute atomic E-state index is 0.0120. The standard InChI is InChI=1S/C24H22FN5O4S/c1-4-34-23(31)20-13-26-21-10-5-16(25)12-19(21)22(20)29-17-6-8-18(9-7-17)35(32,33)30-24-27-14(2)11-15(3)28-24/h5-13H,4H2,1-3H3,(H,26,29)(H,27,28,30). The highest BCUT2D eigenvalue weighted by Crippen LogP contribution is 2.31. The third-order valence-electron chi connectivity index (χ3n) is 4.97. The van der Waals surface area contributed by atoms with Gasteiger partial charge in [0, 0.05) is 28.7 Å². The van der Waals surface area contributed by atoms with Gasteiger partial charge in [0.1, 0.15) is 11.4 Å². The second-order valence-electron chi connectivity index (χ2n) is 7.66. The van der Waals surface area contributed by atoms with E-state index in [9.17, 15) is 17.6 Å². The van der Waals surface area contributed by atoms with Gasteiger partial charge in [0.15, 0.2) is 0 Å². The lowest BCUT2D eigenvalue weighted by molar-refractivity contribution is 0.0527. The summed E-state index contributed by atoms with van der Waals surface area (Å²) in [5, 5.41) is 3.45. The summed E-state index contributed by atoms with van der Waals surface area (Å²) in [6, 6.07) is 11.6. The predicted molar refractivity (Wildman–Crippen MR) is 130 cm³/mol. The van der Waals surface area contributed by atoms with Gasteiger partial charge in [-0.25, -0.2) is 32.3 Å². The largest absolute Gasteiger partial charge is 0.462 e. The van der Waals surface area contributed by atoms with Gasteiger partial charge in [-0.2, -0.15) is 0 Å². The van der Waals surface area contributed by atoms with Crippen LogP contribution in [0.5, 0.6) is 0 Å². The molecule has 0 fully saturated rings. The van der Waals surface area contributed by atoms with Crippen LogP contribution in [0.25, 0.3) is 10.9 Å². The number of ether oxygens (including phenoxy) is 1. The number of halogens is 1. The smallest absolute Gasteiger partial charge is 0.341 e. The van der Waals surface area contributed by atoms with Gasteiger partial charge in [0.25, 0.3) is 10.0 Å². The molecule has 0 bridgehead atoms. The van der Waals surface area contributed by atoms with Gasteiger partial charge in [0.05, 0.1) is 22.7 Å². The zero-order valence-electron chi connectivity index (χ0n) is 19.2. The number of pyridine rings is 1. The summed E-state index contributed by atoms with van der Waals surface area (Å²) in [6.07, 6.45) is 1.35. The van der Waals surface area contributed by atoms with Crippen LogP contribution < -0.4 is 10.0 Å². The predicted octanol–water partition coefficient (Wildman–Crippen LogP) is 4.50. The van der Waals surface area contributed by atoms with E-state index in [0.29, 0.717) is 33.7 Å². The molecule has 35 heavy (non-hydrogen) atoms. The van der Waals surface area contributed by atoms with E-state index in [0.717, 1.165) is 0 Å². The molecule has 2 aromatic heterocycles. The maximum Gasteiger partial charge on any atom is 0.341 e. The summed E-state index contributed by atoms with van der Waals surface area (Å²) in [6.45, 7) is 5.32. The quantitative estimate of drug-likeness (QED) is 0.359. The molecule has 0 aliphatic carbocycles. The number of sulfonamides is 1. The number of benzene rings is 2. The number of esters is 1. The summed E-state index contributed by atoms with van der Waals surface area (Å²) < 4.78 is 47.1. The molecule has 2 heterocycles. The van der Waals surface area contributed by atoms with Crippen LogP contribution in [0.15, 0.2) is 59.6 Å². The van der Waals surface area contributed by atoms with Crippen LogP contribution in [0, 0.1) is 19.7 Å². The fraction of sp³-hybridized carbons (Fsp3) is 0.167. The fourth-order valence-corrected chi connectivity index (χ4v) is 4.42. The topological polar surface area (TPSA) is 123 Å². The van der Waals surface area contributed by atoms with E-state index < -0.39 is 21.8 Å². The molecule has 0 saturated carbocycles. The van der Waals surface area contributed by atoms with E-state index in [4.69, 9.17) is 4.74 Å². The highest BCUT2D eigenvalue weighted by molar-refractivity contribution is 7.92. The van der Waals surface area contributed by atoms with Gasteiger partial charge in [-0.15, -0.1) is 0 Å². The van der Waals surface area contributed by atoms with E-state index >= 15 is 0 Å². The number of nitrogens with zero attached hydrogens (tertiary/aromatic N) is 3. The third kappa shape index (κ3) is 5.35. The van der Waals surface area contributed by atoms with Crippen LogP contribution >= 0.6 is 0 Å². The number of hydrogen-bond acceptors (Lipinski definition) is 8. The maximum absolute atomic E-state index is 14.0. The van der Waals surface area contributed by atoms with Gasteiger partial charge in [0.2, 0.25) is 5.95 Å². The summed E-state index contributed by atoms with van der Waals surface area (Å²) >= 11 is 0. The van der Waals surface area contributed by atoms with Crippen LogP contribution in [0.2, 0.25) is 0 Å². The molecule has 0 unspecified atom stereocenters. The average molecular weight is 496 g/mol. The third-order valence-corrected chi connectivity index (χ3v) is 6.31. The number of fused-ring (bicyclic) bond motifs is 1. The molecule has 0 spiro atoms. The summed E-state index contributed by atoms with van der Waals surface area (Å²) in [4.78, 5) is 24.9. The van der Waals surface area contributed by atoms with Crippen molar-refractivity contribution >= 4 is 44.2 Å². The number of anilines is 3.